The maximum atomic E-state index is 11.3. The number of rotatable bonds is 5. The molecule has 0 bridgehead atoms. The first-order valence-corrected chi connectivity index (χ1v) is 4.37. The summed E-state index contributed by atoms with van der Waals surface area (Å²) in [5, 5.41) is 15.2. The Morgan fingerprint density at radius 1 is 1.71 bits per heavy atom. The molecule has 2 N–H and O–H groups in total. The fourth-order valence-electron chi connectivity index (χ4n) is 0.917. The van der Waals surface area contributed by atoms with Crippen molar-refractivity contribution in [3.8, 4) is 0 Å². The van der Waals surface area contributed by atoms with Crippen molar-refractivity contribution in [2.45, 2.75) is 20.0 Å². The summed E-state index contributed by atoms with van der Waals surface area (Å²) in [5.74, 6) is -0.320. The van der Waals surface area contributed by atoms with Crippen LogP contribution in [0, 0.1) is 0 Å². The highest BCUT2D eigenvalue weighted by Crippen LogP contribution is 1.89. The molecule has 0 aliphatic heterocycles. The average Bonchev–Trinajstić information content (AvgIpc) is 2.67. The summed E-state index contributed by atoms with van der Waals surface area (Å²) in [6, 6.07) is 0. The molecular weight excluding hydrogens is 186 g/mol. The molecule has 1 amide bonds. The molecule has 14 heavy (non-hydrogen) atoms. The number of carbonyl (C=O) groups is 1. The molecule has 1 unspecified atom stereocenters. The number of ether oxygens (including phenoxy) is 1. The second kappa shape index (κ2) is 5.28. The smallest absolute Gasteiger partial charge is 0.292 e. The van der Waals surface area contributed by atoms with Gasteiger partial charge in [0.15, 0.2) is 0 Å². The van der Waals surface area contributed by atoms with E-state index in [9.17, 15) is 4.79 Å². The Balaban J connectivity index is 2.28. The summed E-state index contributed by atoms with van der Waals surface area (Å²) in [5.41, 5.74) is 0. The molecule has 0 radical (unpaired) electrons. The molecule has 0 aliphatic rings. The van der Waals surface area contributed by atoms with Gasteiger partial charge in [-0.05, 0) is 19.1 Å². The van der Waals surface area contributed by atoms with E-state index in [1.54, 1.807) is 0 Å². The summed E-state index contributed by atoms with van der Waals surface area (Å²) >= 11 is 0. The Labute approximate surface area is 81.2 Å². The summed E-state index contributed by atoms with van der Waals surface area (Å²) in [6.45, 7) is 4.83. The predicted octanol–water partition coefficient (Wildman–Crippen LogP) is -0.646. The van der Waals surface area contributed by atoms with Crippen LogP contribution in [0.4, 0.5) is 0 Å². The molecule has 0 aliphatic carbocycles. The maximum absolute atomic E-state index is 11.3. The summed E-state index contributed by atoms with van der Waals surface area (Å²) < 4.78 is 5.23. The van der Waals surface area contributed by atoms with Gasteiger partial charge in [0.05, 0.1) is 6.10 Å². The maximum Gasteiger partial charge on any atom is 0.292 e. The van der Waals surface area contributed by atoms with Crippen molar-refractivity contribution in [2.75, 3.05) is 13.2 Å². The van der Waals surface area contributed by atoms with Gasteiger partial charge in [0, 0.05) is 13.2 Å². The van der Waals surface area contributed by atoms with Crippen molar-refractivity contribution >= 4 is 5.91 Å². The van der Waals surface area contributed by atoms with Crippen molar-refractivity contribution in [3.63, 3.8) is 0 Å². The average molecular weight is 199 g/mol. The van der Waals surface area contributed by atoms with E-state index in [1.165, 1.54) is 0 Å². The first-order valence-electron chi connectivity index (χ1n) is 4.37. The van der Waals surface area contributed by atoms with Crippen LogP contribution in [0.15, 0.2) is 0 Å². The summed E-state index contributed by atoms with van der Waals surface area (Å²) in [7, 11) is 0. The highest BCUT2D eigenvalue weighted by Gasteiger charge is 2.11. The SMILES string of the molecule is CCOC(C)CNC(=O)c1nn[nH]n1. The third-order valence-corrected chi connectivity index (χ3v) is 1.55. The van der Waals surface area contributed by atoms with Crippen LogP contribution in [0.1, 0.15) is 24.5 Å². The minimum atomic E-state index is -0.356. The summed E-state index contributed by atoms with van der Waals surface area (Å²) in [4.78, 5) is 11.3. The van der Waals surface area contributed by atoms with Gasteiger partial charge in [0.1, 0.15) is 0 Å². The Morgan fingerprint density at radius 2 is 2.50 bits per heavy atom. The third kappa shape index (κ3) is 3.09. The van der Waals surface area contributed by atoms with Crippen LogP contribution >= 0.6 is 0 Å². The largest absolute Gasteiger partial charge is 0.377 e. The van der Waals surface area contributed by atoms with E-state index in [4.69, 9.17) is 4.74 Å². The van der Waals surface area contributed by atoms with E-state index in [2.05, 4.69) is 25.9 Å². The van der Waals surface area contributed by atoms with Crippen LogP contribution in [-0.4, -0.2) is 45.8 Å². The van der Waals surface area contributed by atoms with Gasteiger partial charge in [0.25, 0.3) is 11.7 Å². The molecule has 1 heterocycles. The van der Waals surface area contributed by atoms with Crippen molar-refractivity contribution < 1.29 is 9.53 Å². The van der Waals surface area contributed by atoms with Crippen molar-refractivity contribution in [1.82, 2.24) is 25.9 Å². The Kier molecular flexibility index (Phi) is 3.99. The van der Waals surface area contributed by atoms with Crippen LogP contribution in [-0.2, 0) is 4.74 Å². The minimum absolute atomic E-state index is 0.0177. The molecule has 0 aromatic carbocycles. The first-order chi connectivity index (χ1) is 6.74. The zero-order valence-corrected chi connectivity index (χ0v) is 8.15. The van der Waals surface area contributed by atoms with Gasteiger partial charge in [-0.1, -0.05) is 0 Å². The topological polar surface area (TPSA) is 92.8 Å². The number of hydrogen-bond acceptors (Lipinski definition) is 5. The minimum Gasteiger partial charge on any atom is -0.377 e. The van der Waals surface area contributed by atoms with Gasteiger partial charge >= 0.3 is 0 Å². The van der Waals surface area contributed by atoms with Gasteiger partial charge in [-0.2, -0.15) is 5.21 Å². The molecule has 1 rings (SSSR count). The number of aromatic nitrogens is 4. The van der Waals surface area contributed by atoms with Gasteiger partial charge in [-0.15, -0.1) is 10.2 Å². The van der Waals surface area contributed by atoms with Gasteiger partial charge < -0.3 is 10.1 Å². The quantitative estimate of drug-likeness (QED) is 0.657. The highest BCUT2D eigenvalue weighted by atomic mass is 16.5. The number of nitrogens with zero attached hydrogens (tertiary/aromatic N) is 3. The number of nitrogens with one attached hydrogen (secondary N) is 2. The predicted molar refractivity (Wildman–Crippen MR) is 47.6 cm³/mol. The number of amides is 1. The molecule has 0 saturated heterocycles. The second-order valence-electron chi connectivity index (χ2n) is 2.71. The fourth-order valence-corrected chi connectivity index (χ4v) is 0.917. The Bertz CT molecular complexity index is 274. The van der Waals surface area contributed by atoms with E-state index in [0.717, 1.165) is 0 Å². The molecule has 7 heteroatoms. The Morgan fingerprint density at radius 3 is 3.07 bits per heavy atom. The molecule has 1 atom stereocenters. The molecular formula is C7H13N5O2. The van der Waals surface area contributed by atoms with E-state index in [-0.39, 0.29) is 17.8 Å². The van der Waals surface area contributed by atoms with Crippen molar-refractivity contribution in [1.29, 1.82) is 0 Å². The zero-order chi connectivity index (χ0) is 10.4. The van der Waals surface area contributed by atoms with Gasteiger partial charge in [0.2, 0.25) is 0 Å². The fraction of sp³-hybridized carbons (Fsp3) is 0.714. The van der Waals surface area contributed by atoms with Gasteiger partial charge in [-0.3, -0.25) is 4.79 Å². The Hall–Kier alpha value is -1.50. The standard InChI is InChI=1S/C7H13N5O2/c1-3-14-5(2)4-8-7(13)6-9-11-12-10-6/h5H,3-4H2,1-2H3,(H,8,13)(H,9,10,11,12). The molecule has 0 saturated carbocycles. The lowest BCUT2D eigenvalue weighted by Crippen LogP contribution is -2.32. The molecule has 1 aromatic heterocycles. The number of carbonyl (C=O) groups excluding carboxylic acids is 1. The number of aromatic amines is 1. The number of H-pyrrole nitrogens is 1. The van der Waals surface area contributed by atoms with Crippen molar-refractivity contribution in [3.05, 3.63) is 5.82 Å². The van der Waals surface area contributed by atoms with Crippen molar-refractivity contribution in [2.24, 2.45) is 0 Å². The summed E-state index contributed by atoms with van der Waals surface area (Å²) in [6.07, 6.45) is -0.0177. The monoisotopic (exact) mass is 199 g/mol. The van der Waals surface area contributed by atoms with E-state index < -0.39 is 0 Å². The van der Waals surface area contributed by atoms with E-state index >= 15 is 0 Å². The highest BCUT2D eigenvalue weighted by molar-refractivity contribution is 5.89. The molecule has 0 fully saturated rings. The molecule has 78 valence electrons. The lowest BCUT2D eigenvalue weighted by molar-refractivity contribution is 0.0691. The lowest BCUT2D eigenvalue weighted by Gasteiger charge is -2.10. The van der Waals surface area contributed by atoms with E-state index in [1.807, 2.05) is 13.8 Å². The second-order valence-corrected chi connectivity index (χ2v) is 2.71. The van der Waals surface area contributed by atoms with Crippen LogP contribution in [0.3, 0.4) is 0 Å². The first kappa shape index (κ1) is 10.6. The number of tetrazole rings is 1. The zero-order valence-electron chi connectivity index (χ0n) is 8.15. The lowest BCUT2D eigenvalue weighted by atomic mass is 10.4. The normalized spacial score (nSPS) is 12.4. The third-order valence-electron chi connectivity index (χ3n) is 1.55. The van der Waals surface area contributed by atoms with E-state index in [0.29, 0.717) is 13.2 Å². The van der Waals surface area contributed by atoms with Crippen LogP contribution in [0.2, 0.25) is 0 Å². The number of hydrogen-bond donors (Lipinski definition) is 2. The van der Waals surface area contributed by atoms with Crippen LogP contribution in [0.25, 0.3) is 0 Å². The van der Waals surface area contributed by atoms with Crippen LogP contribution < -0.4 is 5.32 Å². The van der Waals surface area contributed by atoms with Crippen LogP contribution in [0.5, 0.6) is 0 Å². The molecule has 7 nitrogen and oxygen atoms in total. The molecule has 1 aromatic rings. The van der Waals surface area contributed by atoms with Gasteiger partial charge in [-0.25, -0.2) is 0 Å². The molecule has 0 spiro atoms.